The van der Waals surface area contributed by atoms with Crippen molar-refractivity contribution in [2.24, 2.45) is 0 Å². The molecule has 0 saturated carbocycles. The van der Waals surface area contributed by atoms with E-state index in [2.05, 4.69) is 20.5 Å². The van der Waals surface area contributed by atoms with E-state index in [0.717, 1.165) is 6.54 Å². The number of amides is 1. The van der Waals surface area contributed by atoms with Gasteiger partial charge in [-0.15, -0.1) is 10.2 Å². The number of nitrogens with zero attached hydrogens (tertiary/aromatic N) is 4. The van der Waals surface area contributed by atoms with E-state index in [9.17, 15) is 4.79 Å². The van der Waals surface area contributed by atoms with Gasteiger partial charge in [-0.3, -0.25) is 9.78 Å². The number of hydrogen-bond acceptors (Lipinski definition) is 4. The van der Waals surface area contributed by atoms with Crippen molar-refractivity contribution >= 4 is 17.5 Å². The van der Waals surface area contributed by atoms with Crippen molar-refractivity contribution in [3.05, 3.63) is 41.2 Å². The molecule has 0 unspecified atom stereocenters. The molecule has 7 heteroatoms. The maximum Gasteiger partial charge on any atom is 0.270 e. The normalized spacial score (nSPS) is 10.3. The van der Waals surface area contributed by atoms with Crippen molar-refractivity contribution in [2.45, 2.75) is 20.0 Å². The molecule has 1 amide bonds. The predicted molar refractivity (Wildman–Crippen MR) is 66.1 cm³/mol. The zero-order valence-corrected chi connectivity index (χ0v) is 10.6. The molecule has 2 aromatic heterocycles. The molecule has 0 aromatic carbocycles. The molecule has 6 nitrogen and oxygen atoms in total. The molecule has 1 N–H and O–H groups in total. The van der Waals surface area contributed by atoms with Gasteiger partial charge in [0.25, 0.3) is 5.91 Å². The van der Waals surface area contributed by atoms with Gasteiger partial charge in [0.05, 0.1) is 6.54 Å². The summed E-state index contributed by atoms with van der Waals surface area (Å²) in [5.74, 6) is 0.413. The topological polar surface area (TPSA) is 72.7 Å². The van der Waals surface area contributed by atoms with Gasteiger partial charge in [0.1, 0.15) is 12.0 Å². The molecule has 2 rings (SSSR count). The molecule has 0 aliphatic heterocycles. The third-order valence-corrected chi connectivity index (χ3v) is 2.63. The van der Waals surface area contributed by atoms with Crippen LogP contribution in [0, 0.1) is 0 Å². The molecule has 0 fully saturated rings. The SMILES string of the molecule is CCn1cnnc1CNC(=O)c1cc(Cl)ccn1. The van der Waals surface area contributed by atoms with E-state index < -0.39 is 0 Å². The van der Waals surface area contributed by atoms with E-state index >= 15 is 0 Å². The summed E-state index contributed by atoms with van der Waals surface area (Å²) in [4.78, 5) is 15.7. The number of pyridine rings is 1. The third-order valence-electron chi connectivity index (χ3n) is 2.40. The minimum Gasteiger partial charge on any atom is -0.343 e. The Morgan fingerprint density at radius 2 is 2.39 bits per heavy atom. The van der Waals surface area contributed by atoms with Gasteiger partial charge in [-0.1, -0.05) is 11.6 Å². The highest BCUT2D eigenvalue weighted by atomic mass is 35.5. The second kappa shape index (κ2) is 5.59. The molecule has 0 atom stereocenters. The molecule has 0 bridgehead atoms. The average Bonchev–Trinajstić information content (AvgIpc) is 2.83. The van der Waals surface area contributed by atoms with Crippen LogP contribution in [0.25, 0.3) is 0 Å². The van der Waals surface area contributed by atoms with Crippen LogP contribution in [0.1, 0.15) is 23.2 Å². The summed E-state index contributed by atoms with van der Waals surface area (Å²) in [5.41, 5.74) is 0.282. The third kappa shape index (κ3) is 2.84. The van der Waals surface area contributed by atoms with E-state index in [-0.39, 0.29) is 11.6 Å². The van der Waals surface area contributed by atoms with Crippen molar-refractivity contribution < 1.29 is 4.79 Å². The first-order chi connectivity index (χ1) is 8.70. The van der Waals surface area contributed by atoms with Gasteiger partial charge >= 0.3 is 0 Å². The van der Waals surface area contributed by atoms with Crippen LogP contribution in [0.3, 0.4) is 0 Å². The fourth-order valence-electron chi connectivity index (χ4n) is 1.46. The van der Waals surface area contributed by atoms with Crippen LogP contribution in [0.4, 0.5) is 0 Å². The molecule has 0 spiro atoms. The molecule has 0 radical (unpaired) electrons. The molecule has 0 aliphatic carbocycles. The van der Waals surface area contributed by atoms with E-state index in [4.69, 9.17) is 11.6 Å². The fraction of sp³-hybridized carbons (Fsp3) is 0.273. The number of halogens is 1. The number of aryl methyl sites for hydroxylation is 1. The van der Waals surface area contributed by atoms with Crippen molar-refractivity contribution in [1.82, 2.24) is 25.1 Å². The summed E-state index contributed by atoms with van der Waals surface area (Å²) in [6.45, 7) is 3.04. The quantitative estimate of drug-likeness (QED) is 0.904. The number of nitrogens with one attached hydrogen (secondary N) is 1. The summed E-state index contributed by atoms with van der Waals surface area (Å²) < 4.78 is 1.85. The first-order valence-electron chi connectivity index (χ1n) is 5.47. The highest BCUT2D eigenvalue weighted by molar-refractivity contribution is 6.30. The zero-order valence-electron chi connectivity index (χ0n) is 9.80. The van der Waals surface area contributed by atoms with Crippen LogP contribution < -0.4 is 5.32 Å². The highest BCUT2D eigenvalue weighted by Crippen LogP contribution is 2.07. The van der Waals surface area contributed by atoms with Gasteiger partial charge in [-0.25, -0.2) is 0 Å². The Morgan fingerprint density at radius 3 is 3.11 bits per heavy atom. The average molecular weight is 266 g/mol. The monoisotopic (exact) mass is 265 g/mol. The molecular weight excluding hydrogens is 254 g/mol. The standard InChI is InChI=1S/C11H12ClN5O/c1-2-17-7-15-16-10(17)6-14-11(18)9-5-8(12)3-4-13-9/h3-5,7H,2,6H2,1H3,(H,14,18). The Morgan fingerprint density at radius 1 is 1.56 bits per heavy atom. The minimum absolute atomic E-state index is 0.282. The van der Waals surface area contributed by atoms with Gasteiger partial charge in [-0.05, 0) is 19.1 Å². The van der Waals surface area contributed by atoms with Crippen LogP contribution in [-0.2, 0) is 13.1 Å². The molecule has 0 aliphatic rings. The number of carbonyl (C=O) groups is 1. The Balaban J connectivity index is 2.00. The van der Waals surface area contributed by atoms with Crippen molar-refractivity contribution in [3.63, 3.8) is 0 Å². The number of aromatic nitrogens is 4. The van der Waals surface area contributed by atoms with Crippen molar-refractivity contribution in [2.75, 3.05) is 0 Å². The molecule has 18 heavy (non-hydrogen) atoms. The van der Waals surface area contributed by atoms with Gasteiger partial charge in [0, 0.05) is 17.8 Å². The van der Waals surface area contributed by atoms with E-state index in [1.807, 2.05) is 11.5 Å². The summed E-state index contributed by atoms with van der Waals surface area (Å²) in [6, 6.07) is 3.13. The van der Waals surface area contributed by atoms with E-state index in [0.29, 0.717) is 17.4 Å². The summed E-state index contributed by atoms with van der Waals surface area (Å²) >= 11 is 5.79. The van der Waals surface area contributed by atoms with Crippen LogP contribution in [0.15, 0.2) is 24.7 Å². The molecule has 94 valence electrons. The van der Waals surface area contributed by atoms with Crippen LogP contribution >= 0.6 is 11.6 Å². The lowest BCUT2D eigenvalue weighted by Gasteiger charge is -2.05. The van der Waals surface area contributed by atoms with Gasteiger partial charge < -0.3 is 9.88 Å². The lowest BCUT2D eigenvalue weighted by Crippen LogP contribution is -2.25. The lowest BCUT2D eigenvalue weighted by atomic mass is 10.3. The predicted octanol–water partition coefficient (Wildman–Crippen LogP) is 1.28. The smallest absolute Gasteiger partial charge is 0.270 e. The molecular formula is C11H12ClN5O. The second-order valence-electron chi connectivity index (χ2n) is 3.58. The Hall–Kier alpha value is -1.95. The van der Waals surface area contributed by atoms with Gasteiger partial charge in [-0.2, -0.15) is 0 Å². The Bertz CT molecular complexity index is 554. The molecule has 2 aromatic rings. The van der Waals surface area contributed by atoms with E-state index in [1.165, 1.54) is 12.3 Å². The second-order valence-corrected chi connectivity index (χ2v) is 4.01. The van der Waals surface area contributed by atoms with E-state index in [1.54, 1.807) is 12.4 Å². The minimum atomic E-state index is -0.289. The molecule has 2 heterocycles. The summed E-state index contributed by atoms with van der Waals surface area (Å²) in [5, 5.41) is 10.9. The maximum atomic E-state index is 11.8. The molecule has 0 saturated heterocycles. The van der Waals surface area contributed by atoms with Crippen molar-refractivity contribution in [1.29, 1.82) is 0 Å². The van der Waals surface area contributed by atoms with Crippen LogP contribution in [0.2, 0.25) is 5.02 Å². The Kier molecular flexibility index (Phi) is 3.88. The highest BCUT2D eigenvalue weighted by Gasteiger charge is 2.09. The summed E-state index contributed by atoms with van der Waals surface area (Å²) in [7, 11) is 0. The maximum absolute atomic E-state index is 11.8. The zero-order chi connectivity index (χ0) is 13.0. The largest absolute Gasteiger partial charge is 0.343 e. The number of rotatable bonds is 4. The van der Waals surface area contributed by atoms with Crippen LogP contribution in [-0.4, -0.2) is 25.7 Å². The van der Waals surface area contributed by atoms with Gasteiger partial charge in [0.2, 0.25) is 0 Å². The fourth-order valence-corrected chi connectivity index (χ4v) is 1.62. The first-order valence-corrected chi connectivity index (χ1v) is 5.85. The Labute approximate surface area is 109 Å². The van der Waals surface area contributed by atoms with Crippen LogP contribution in [0.5, 0.6) is 0 Å². The number of carbonyl (C=O) groups excluding carboxylic acids is 1. The number of hydrogen-bond donors (Lipinski definition) is 1. The van der Waals surface area contributed by atoms with Gasteiger partial charge in [0.15, 0.2) is 5.82 Å². The summed E-state index contributed by atoms with van der Waals surface area (Å²) in [6.07, 6.45) is 3.12. The first kappa shape index (κ1) is 12.5. The van der Waals surface area contributed by atoms with Crippen molar-refractivity contribution in [3.8, 4) is 0 Å². The lowest BCUT2D eigenvalue weighted by molar-refractivity contribution is 0.0944.